The SMILES string of the molecule is COc1ccc2c(c1)CC1(Cc3ccccc3NC1=O)C(=O)N2. The van der Waals surface area contributed by atoms with E-state index in [9.17, 15) is 9.59 Å². The molecule has 0 saturated carbocycles. The molecule has 0 aromatic heterocycles. The summed E-state index contributed by atoms with van der Waals surface area (Å²) in [5, 5.41) is 5.76. The Hall–Kier alpha value is -2.82. The largest absolute Gasteiger partial charge is 0.497 e. The third-order valence-corrected chi connectivity index (χ3v) is 4.68. The number of fused-ring (bicyclic) bond motifs is 2. The number of amides is 2. The summed E-state index contributed by atoms with van der Waals surface area (Å²) in [6, 6.07) is 13.1. The van der Waals surface area contributed by atoms with E-state index in [-0.39, 0.29) is 11.8 Å². The molecule has 1 atom stereocenters. The summed E-state index contributed by atoms with van der Waals surface area (Å²) in [7, 11) is 1.60. The van der Waals surface area contributed by atoms with Crippen LogP contribution in [0.3, 0.4) is 0 Å². The normalized spacial score (nSPS) is 22.0. The number of rotatable bonds is 1. The van der Waals surface area contributed by atoms with E-state index in [4.69, 9.17) is 4.74 Å². The molecule has 0 fully saturated rings. The average Bonchev–Trinajstić information content (AvgIpc) is 2.56. The van der Waals surface area contributed by atoms with E-state index >= 15 is 0 Å². The first kappa shape index (κ1) is 13.8. The predicted molar refractivity (Wildman–Crippen MR) is 86.5 cm³/mol. The van der Waals surface area contributed by atoms with Crippen molar-refractivity contribution in [3.63, 3.8) is 0 Å². The van der Waals surface area contributed by atoms with Gasteiger partial charge in [0, 0.05) is 11.4 Å². The zero-order valence-electron chi connectivity index (χ0n) is 12.7. The number of nitrogens with one attached hydrogen (secondary N) is 2. The molecule has 0 bridgehead atoms. The number of carbonyl (C=O) groups excluding carboxylic acids is 2. The summed E-state index contributed by atoms with van der Waals surface area (Å²) >= 11 is 0. The van der Waals surface area contributed by atoms with Gasteiger partial charge in [0.05, 0.1) is 7.11 Å². The predicted octanol–water partition coefficient (Wildman–Crippen LogP) is 2.37. The quantitative estimate of drug-likeness (QED) is 0.795. The number of benzene rings is 2. The van der Waals surface area contributed by atoms with Crippen LogP contribution in [0.15, 0.2) is 42.5 Å². The van der Waals surface area contributed by atoms with Crippen molar-refractivity contribution in [3.05, 3.63) is 53.6 Å². The molecule has 5 nitrogen and oxygen atoms in total. The van der Waals surface area contributed by atoms with Crippen LogP contribution in [-0.4, -0.2) is 18.9 Å². The summed E-state index contributed by atoms with van der Waals surface area (Å²) in [5.74, 6) is 0.219. The van der Waals surface area contributed by atoms with Crippen molar-refractivity contribution in [3.8, 4) is 5.75 Å². The monoisotopic (exact) mass is 308 g/mol. The molecule has 2 amide bonds. The van der Waals surface area contributed by atoms with Gasteiger partial charge in [0.25, 0.3) is 0 Å². The maximum atomic E-state index is 12.7. The summed E-state index contributed by atoms with van der Waals surface area (Å²) < 4.78 is 5.25. The maximum Gasteiger partial charge on any atom is 0.240 e. The van der Waals surface area contributed by atoms with E-state index in [1.807, 2.05) is 36.4 Å². The van der Waals surface area contributed by atoms with Crippen molar-refractivity contribution < 1.29 is 14.3 Å². The molecule has 1 spiro atoms. The third kappa shape index (κ3) is 2.00. The van der Waals surface area contributed by atoms with Gasteiger partial charge in [-0.3, -0.25) is 9.59 Å². The standard InChI is InChI=1S/C18H16N2O3/c1-23-13-6-7-15-12(8-13)10-18(17(22)20-15)9-11-4-2-3-5-14(11)19-16(18)21/h2-8H,9-10H2,1H3,(H,19,21)(H,20,22). The van der Waals surface area contributed by atoms with Gasteiger partial charge in [-0.15, -0.1) is 0 Å². The van der Waals surface area contributed by atoms with Crippen LogP contribution in [-0.2, 0) is 22.4 Å². The average molecular weight is 308 g/mol. The zero-order valence-corrected chi connectivity index (χ0v) is 12.7. The molecule has 4 rings (SSSR count). The molecule has 0 saturated heterocycles. The lowest BCUT2D eigenvalue weighted by molar-refractivity contribution is -0.138. The van der Waals surface area contributed by atoms with E-state index in [0.29, 0.717) is 18.6 Å². The Morgan fingerprint density at radius 2 is 1.57 bits per heavy atom. The van der Waals surface area contributed by atoms with Crippen molar-refractivity contribution in [2.45, 2.75) is 12.8 Å². The van der Waals surface area contributed by atoms with Gasteiger partial charge in [-0.1, -0.05) is 18.2 Å². The summed E-state index contributed by atoms with van der Waals surface area (Å²) in [4.78, 5) is 25.4. The highest BCUT2D eigenvalue weighted by atomic mass is 16.5. The van der Waals surface area contributed by atoms with E-state index in [0.717, 1.165) is 22.5 Å². The molecule has 2 aliphatic heterocycles. The van der Waals surface area contributed by atoms with Gasteiger partial charge in [0.2, 0.25) is 11.8 Å². The highest BCUT2D eigenvalue weighted by Gasteiger charge is 2.51. The van der Waals surface area contributed by atoms with E-state index in [1.165, 1.54) is 0 Å². The number of carbonyl (C=O) groups is 2. The molecule has 2 aliphatic rings. The molecular formula is C18H16N2O3. The van der Waals surface area contributed by atoms with Crippen LogP contribution in [0.25, 0.3) is 0 Å². The molecule has 2 heterocycles. The molecule has 23 heavy (non-hydrogen) atoms. The molecule has 0 radical (unpaired) electrons. The van der Waals surface area contributed by atoms with Crippen LogP contribution in [0.2, 0.25) is 0 Å². The fraction of sp³-hybridized carbons (Fsp3) is 0.222. The molecule has 5 heteroatoms. The summed E-state index contributed by atoms with van der Waals surface area (Å²) in [6.45, 7) is 0. The van der Waals surface area contributed by atoms with Gasteiger partial charge in [-0.2, -0.15) is 0 Å². The van der Waals surface area contributed by atoms with Crippen LogP contribution in [0.1, 0.15) is 11.1 Å². The van der Waals surface area contributed by atoms with Gasteiger partial charge in [-0.25, -0.2) is 0 Å². The van der Waals surface area contributed by atoms with Gasteiger partial charge in [0.1, 0.15) is 11.2 Å². The number of para-hydroxylation sites is 1. The first-order valence-corrected chi connectivity index (χ1v) is 7.50. The second-order valence-corrected chi connectivity index (χ2v) is 6.02. The van der Waals surface area contributed by atoms with Crippen molar-refractivity contribution in [2.75, 3.05) is 17.7 Å². The van der Waals surface area contributed by atoms with Crippen LogP contribution in [0.4, 0.5) is 11.4 Å². The summed E-state index contributed by atoms with van der Waals surface area (Å²) in [6.07, 6.45) is 0.767. The third-order valence-electron chi connectivity index (χ3n) is 4.68. The van der Waals surface area contributed by atoms with E-state index in [1.54, 1.807) is 13.2 Å². The fourth-order valence-electron chi connectivity index (χ4n) is 3.38. The Bertz CT molecular complexity index is 831. The van der Waals surface area contributed by atoms with Crippen molar-refractivity contribution in [2.24, 2.45) is 5.41 Å². The zero-order chi connectivity index (χ0) is 16.0. The smallest absolute Gasteiger partial charge is 0.240 e. The van der Waals surface area contributed by atoms with E-state index < -0.39 is 5.41 Å². The Morgan fingerprint density at radius 3 is 2.30 bits per heavy atom. The lowest BCUT2D eigenvalue weighted by Gasteiger charge is -2.39. The number of methoxy groups -OCH3 is 1. The van der Waals surface area contributed by atoms with Gasteiger partial charge >= 0.3 is 0 Å². The van der Waals surface area contributed by atoms with Crippen molar-refractivity contribution in [1.82, 2.24) is 0 Å². The number of anilines is 2. The fourth-order valence-corrected chi connectivity index (χ4v) is 3.38. The topological polar surface area (TPSA) is 67.4 Å². The van der Waals surface area contributed by atoms with Crippen LogP contribution < -0.4 is 15.4 Å². The van der Waals surface area contributed by atoms with Crippen LogP contribution in [0, 0.1) is 5.41 Å². The van der Waals surface area contributed by atoms with Crippen LogP contribution >= 0.6 is 0 Å². The van der Waals surface area contributed by atoms with Crippen molar-refractivity contribution >= 4 is 23.2 Å². The Morgan fingerprint density at radius 1 is 0.913 bits per heavy atom. The van der Waals surface area contributed by atoms with Crippen LogP contribution in [0.5, 0.6) is 5.75 Å². The molecule has 0 aliphatic carbocycles. The van der Waals surface area contributed by atoms with E-state index in [2.05, 4.69) is 10.6 Å². The molecule has 2 aromatic rings. The lowest BCUT2D eigenvalue weighted by atomic mass is 9.70. The minimum Gasteiger partial charge on any atom is -0.497 e. The lowest BCUT2D eigenvalue weighted by Crippen LogP contribution is -2.53. The Kier molecular flexibility index (Phi) is 2.91. The Balaban J connectivity index is 1.79. The maximum absolute atomic E-state index is 12.7. The minimum atomic E-state index is -1.10. The molecule has 116 valence electrons. The molecule has 2 N–H and O–H groups in total. The highest BCUT2D eigenvalue weighted by Crippen LogP contribution is 2.42. The molecule has 2 aromatic carbocycles. The minimum absolute atomic E-state index is 0.248. The molecular weight excluding hydrogens is 292 g/mol. The Labute approximate surface area is 133 Å². The molecule has 1 unspecified atom stereocenters. The second-order valence-electron chi connectivity index (χ2n) is 6.02. The van der Waals surface area contributed by atoms with Crippen molar-refractivity contribution in [1.29, 1.82) is 0 Å². The second kappa shape index (κ2) is 4.84. The first-order valence-electron chi connectivity index (χ1n) is 7.50. The first-order chi connectivity index (χ1) is 11.1. The number of ether oxygens (including phenoxy) is 1. The van der Waals surface area contributed by atoms with Gasteiger partial charge in [-0.05, 0) is 48.2 Å². The van der Waals surface area contributed by atoms with Gasteiger partial charge < -0.3 is 15.4 Å². The van der Waals surface area contributed by atoms with Gasteiger partial charge in [0.15, 0.2) is 0 Å². The highest BCUT2D eigenvalue weighted by molar-refractivity contribution is 6.17. The number of hydrogen-bond donors (Lipinski definition) is 2. The number of hydrogen-bond acceptors (Lipinski definition) is 3. The summed E-state index contributed by atoms with van der Waals surface area (Å²) in [5.41, 5.74) is 2.32.